The molecule has 1 amide bonds. The van der Waals surface area contributed by atoms with Gasteiger partial charge in [0.05, 0.1) is 6.61 Å². The predicted molar refractivity (Wildman–Crippen MR) is 81.0 cm³/mol. The van der Waals surface area contributed by atoms with Crippen molar-refractivity contribution in [3.8, 4) is 11.5 Å². The van der Waals surface area contributed by atoms with Gasteiger partial charge >= 0.3 is 11.8 Å². The number of aromatic nitrogens is 2. The van der Waals surface area contributed by atoms with Crippen LogP contribution in [0.5, 0.6) is 0 Å². The highest BCUT2D eigenvalue weighted by Gasteiger charge is 2.44. The van der Waals surface area contributed by atoms with Crippen LogP contribution in [0.3, 0.4) is 0 Å². The first kappa shape index (κ1) is 17.5. The fourth-order valence-electron chi connectivity index (χ4n) is 2.42. The number of rotatable bonds is 4. The molecule has 1 fully saturated rings. The summed E-state index contributed by atoms with van der Waals surface area (Å²) in [5.41, 5.74) is 0.627. The van der Waals surface area contributed by atoms with E-state index >= 15 is 0 Å². The van der Waals surface area contributed by atoms with Crippen LogP contribution < -0.4 is 5.32 Å². The number of carbonyl (C=O) groups excluding carboxylic acids is 1. The molecule has 5 atom stereocenters. The number of aliphatic hydroxyl groups is 4. The van der Waals surface area contributed by atoms with Crippen molar-refractivity contribution < 1.29 is 34.4 Å². The number of aliphatic hydroxyl groups excluding tert-OH is 4. The first-order valence-electron chi connectivity index (χ1n) is 7.51. The molecule has 134 valence electrons. The predicted octanol–water partition coefficient (Wildman–Crippen LogP) is -1.73. The Kier molecular flexibility index (Phi) is 5.06. The molecule has 3 rings (SSSR count). The summed E-state index contributed by atoms with van der Waals surface area (Å²) in [7, 11) is 0. The quantitative estimate of drug-likeness (QED) is 0.431. The zero-order chi connectivity index (χ0) is 18.0. The van der Waals surface area contributed by atoms with Crippen LogP contribution in [0.1, 0.15) is 10.7 Å². The van der Waals surface area contributed by atoms with E-state index in [-0.39, 0.29) is 11.8 Å². The molecule has 2 aromatic rings. The summed E-state index contributed by atoms with van der Waals surface area (Å²) < 4.78 is 10.5. The fraction of sp³-hybridized carbons (Fsp3) is 0.400. The van der Waals surface area contributed by atoms with Gasteiger partial charge in [-0.1, -0.05) is 18.2 Å². The number of hydrogen-bond donors (Lipinski definition) is 5. The Balaban J connectivity index is 1.71. The molecule has 0 unspecified atom stereocenters. The van der Waals surface area contributed by atoms with E-state index in [2.05, 4.69) is 15.5 Å². The Hall–Kier alpha value is -2.37. The molecule has 1 saturated heterocycles. The van der Waals surface area contributed by atoms with Crippen molar-refractivity contribution in [3.05, 3.63) is 36.2 Å². The number of hydrogen-bond acceptors (Lipinski definition) is 9. The number of nitrogens with one attached hydrogen (secondary N) is 1. The monoisotopic (exact) mass is 351 g/mol. The van der Waals surface area contributed by atoms with Crippen molar-refractivity contribution in [2.24, 2.45) is 0 Å². The van der Waals surface area contributed by atoms with Crippen LogP contribution in [0.15, 0.2) is 34.7 Å². The second kappa shape index (κ2) is 7.25. The lowest BCUT2D eigenvalue weighted by Crippen LogP contribution is -2.63. The molecular formula is C15H17N3O7. The minimum Gasteiger partial charge on any atom is -0.412 e. The third-order valence-electron chi connectivity index (χ3n) is 3.81. The van der Waals surface area contributed by atoms with E-state index in [0.29, 0.717) is 5.56 Å². The summed E-state index contributed by atoms with van der Waals surface area (Å²) in [4.78, 5) is 12.2. The lowest BCUT2D eigenvalue weighted by molar-refractivity contribution is -0.233. The number of nitrogens with zero attached hydrogens (tertiary/aromatic N) is 2. The van der Waals surface area contributed by atoms with Gasteiger partial charge in [-0.25, -0.2) is 0 Å². The zero-order valence-corrected chi connectivity index (χ0v) is 12.9. The van der Waals surface area contributed by atoms with Gasteiger partial charge in [-0.2, -0.15) is 0 Å². The molecule has 0 bridgehead atoms. The molecular weight excluding hydrogens is 334 g/mol. The molecule has 0 saturated carbocycles. The molecule has 2 heterocycles. The van der Waals surface area contributed by atoms with E-state index in [4.69, 9.17) is 14.3 Å². The van der Waals surface area contributed by atoms with Gasteiger partial charge in [-0.15, -0.1) is 10.2 Å². The van der Waals surface area contributed by atoms with Gasteiger partial charge < -0.3 is 34.9 Å². The van der Waals surface area contributed by atoms with Crippen molar-refractivity contribution in [1.29, 1.82) is 0 Å². The van der Waals surface area contributed by atoms with Crippen LogP contribution in [0, 0.1) is 0 Å². The molecule has 1 aromatic carbocycles. The third-order valence-corrected chi connectivity index (χ3v) is 3.81. The Morgan fingerprint density at radius 1 is 1.08 bits per heavy atom. The molecule has 1 aliphatic heterocycles. The van der Waals surface area contributed by atoms with Crippen LogP contribution in [-0.2, 0) is 4.74 Å². The molecule has 10 heteroatoms. The van der Waals surface area contributed by atoms with E-state index < -0.39 is 43.2 Å². The highest BCUT2D eigenvalue weighted by Crippen LogP contribution is 2.21. The van der Waals surface area contributed by atoms with Gasteiger partial charge in [-0.3, -0.25) is 4.79 Å². The average molecular weight is 351 g/mol. The summed E-state index contributed by atoms with van der Waals surface area (Å²) >= 11 is 0. The van der Waals surface area contributed by atoms with Crippen LogP contribution in [0.25, 0.3) is 11.5 Å². The number of ether oxygens (including phenoxy) is 1. The topological polar surface area (TPSA) is 158 Å². The molecule has 5 N–H and O–H groups in total. The van der Waals surface area contributed by atoms with Gasteiger partial charge in [-0.05, 0) is 12.1 Å². The number of amides is 1. The van der Waals surface area contributed by atoms with Gasteiger partial charge in [0.15, 0.2) is 6.23 Å². The van der Waals surface area contributed by atoms with E-state index in [1.165, 1.54) is 0 Å². The highest BCUT2D eigenvalue weighted by molar-refractivity contribution is 5.89. The van der Waals surface area contributed by atoms with E-state index in [1.807, 2.05) is 6.07 Å². The van der Waals surface area contributed by atoms with Gasteiger partial charge in [0, 0.05) is 5.56 Å². The van der Waals surface area contributed by atoms with Crippen LogP contribution in [0.4, 0.5) is 0 Å². The van der Waals surface area contributed by atoms with Crippen molar-refractivity contribution >= 4 is 5.91 Å². The van der Waals surface area contributed by atoms with Crippen molar-refractivity contribution in [2.45, 2.75) is 30.6 Å². The second-order valence-electron chi connectivity index (χ2n) is 5.50. The van der Waals surface area contributed by atoms with E-state index in [1.54, 1.807) is 24.3 Å². The maximum absolute atomic E-state index is 12.2. The molecule has 0 radical (unpaired) electrons. The largest absolute Gasteiger partial charge is 0.412 e. The minimum absolute atomic E-state index is 0.138. The summed E-state index contributed by atoms with van der Waals surface area (Å²) in [6.07, 6.45) is -7.21. The fourth-order valence-corrected chi connectivity index (χ4v) is 2.42. The maximum Gasteiger partial charge on any atom is 0.310 e. The minimum atomic E-state index is -1.60. The Morgan fingerprint density at radius 2 is 1.80 bits per heavy atom. The summed E-state index contributed by atoms with van der Waals surface area (Å²) in [5, 5.41) is 48.1. The van der Waals surface area contributed by atoms with Crippen LogP contribution in [0.2, 0.25) is 0 Å². The first-order chi connectivity index (χ1) is 12.0. The molecule has 0 spiro atoms. The third kappa shape index (κ3) is 3.52. The van der Waals surface area contributed by atoms with Crippen molar-refractivity contribution in [2.75, 3.05) is 6.61 Å². The smallest absolute Gasteiger partial charge is 0.310 e. The Labute approximate surface area is 141 Å². The lowest BCUT2D eigenvalue weighted by atomic mass is 9.98. The highest BCUT2D eigenvalue weighted by atomic mass is 16.6. The summed E-state index contributed by atoms with van der Waals surface area (Å²) in [6.45, 7) is -0.601. The van der Waals surface area contributed by atoms with Gasteiger partial charge in [0.25, 0.3) is 0 Å². The summed E-state index contributed by atoms with van der Waals surface area (Å²) in [6, 6.07) is 8.81. The van der Waals surface area contributed by atoms with Crippen LogP contribution in [-0.4, -0.2) is 73.8 Å². The Bertz CT molecular complexity index is 721. The number of benzene rings is 1. The molecule has 25 heavy (non-hydrogen) atoms. The molecule has 1 aliphatic rings. The van der Waals surface area contributed by atoms with E-state index in [9.17, 15) is 20.1 Å². The van der Waals surface area contributed by atoms with Crippen molar-refractivity contribution in [3.63, 3.8) is 0 Å². The summed E-state index contributed by atoms with van der Waals surface area (Å²) in [5.74, 6) is -1.06. The maximum atomic E-state index is 12.2. The van der Waals surface area contributed by atoms with Gasteiger partial charge in [0.1, 0.15) is 24.4 Å². The normalized spacial score (nSPS) is 29.4. The van der Waals surface area contributed by atoms with Crippen molar-refractivity contribution in [1.82, 2.24) is 15.5 Å². The SMILES string of the molecule is O=C(N[C@@H]1O[C@H](CO)[C@@H](O)[C@H](O)[C@H]1O)c1nnc(-c2ccccc2)o1. The van der Waals surface area contributed by atoms with Gasteiger partial charge in [0.2, 0.25) is 5.89 Å². The average Bonchev–Trinajstić information content (AvgIpc) is 3.13. The zero-order valence-electron chi connectivity index (χ0n) is 12.9. The molecule has 0 aliphatic carbocycles. The molecule has 1 aromatic heterocycles. The first-order valence-corrected chi connectivity index (χ1v) is 7.51. The van der Waals surface area contributed by atoms with Crippen LogP contribution >= 0.6 is 0 Å². The lowest BCUT2D eigenvalue weighted by Gasteiger charge is -2.39. The Morgan fingerprint density at radius 3 is 2.48 bits per heavy atom. The second-order valence-corrected chi connectivity index (χ2v) is 5.50. The standard InChI is InChI=1S/C15H17N3O7/c19-6-8-9(20)10(21)11(22)14(24-8)16-12(23)15-18-17-13(25-15)7-4-2-1-3-5-7/h1-5,8-11,14,19-22H,6H2,(H,16,23)/t8-,9-,10+,11-,14-/m1/s1. The van der Waals surface area contributed by atoms with E-state index in [0.717, 1.165) is 0 Å². The number of carbonyl (C=O) groups is 1. The molecule has 10 nitrogen and oxygen atoms in total.